The first-order valence-corrected chi connectivity index (χ1v) is 7.82. The van der Waals surface area contributed by atoms with Gasteiger partial charge in [0.2, 0.25) is 0 Å². The number of carbonyl (C=O) groups is 1. The Bertz CT molecular complexity index is 548. The van der Waals surface area contributed by atoms with Crippen LogP contribution in [0.5, 0.6) is 0 Å². The summed E-state index contributed by atoms with van der Waals surface area (Å²) in [5.41, 5.74) is 2.05. The summed E-state index contributed by atoms with van der Waals surface area (Å²) in [6.07, 6.45) is 0.240. The highest BCUT2D eigenvalue weighted by atomic mass is 32.1. The van der Waals surface area contributed by atoms with E-state index in [1.807, 2.05) is 5.38 Å². The molecule has 0 unspecified atom stereocenters. The average molecular weight is 296 g/mol. The van der Waals surface area contributed by atoms with E-state index in [1.165, 1.54) is 21.8 Å². The number of aromatic nitrogens is 1. The predicted octanol–water partition coefficient (Wildman–Crippen LogP) is 3.23. The second kappa shape index (κ2) is 6.68. The molecule has 0 aliphatic rings. The van der Waals surface area contributed by atoms with Gasteiger partial charge < -0.3 is 10.1 Å². The largest absolute Gasteiger partial charge is 0.466 e. The predicted molar refractivity (Wildman–Crippen MR) is 78.8 cm³/mol. The number of nitrogens with zero attached hydrogens (tertiary/aromatic N) is 1. The lowest BCUT2D eigenvalue weighted by Crippen LogP contribution is -2.07. The molecule has 19 heavy (non-hydrogen) atoms. The van der Waals surface area contributed by atoms with Crippen molar-refractivity contribution >= 4 is 33.8 Å². The molecular weight excluding hydrogens is 280 g/mol. The maximum atomic E-state index is 11.3. The number of esters is 1. The van der Waals surface area contributed by atoms with Crippen LogP contribution < -0.4 is 5.32 Å². The van der Waals surface area contributed by atoms with E-state index in [9.17, 15) is 4.79 Å². The van der Waals surface area contributed by atoms with Crippen molar-refractivity contribution in [2.24, 2.45) is 0 Å². The number of thiophene rings is 1. The van der Waals surface area contributed by atoms with Gasteiger partial charge in [0.05, 0.1) is 25.3 Å². The van der Waals surface area contributed by atoms with E-state index in [1.54, 1.807) is 18.3 Å². The number of nitrogens with one attached hydrogen (secondary N) is 1. The summed E-state index contributed by atoms with van der Waals surface area (Å²) >= 11 is 3.25. The van der Waals surface area contributed by atoms with Crippen molar-refractivity contribution in [3.05, 3.63) is 33.0 Å². The average Bonchev–Trinajstić information content (AvgIpc) is 2.96. The minimum atomic E-state index is -0.228. The summed E-state index contributed by atoms with van der Waals surface area (Å²) in [6, 6.07) is 2.11. The lowest BCUT2D eigenvalue weighted by Gasteiger charge is -2.01. The molecule has 0 saturated carbocycles. The summed E-state index contributed by atoms with van der Waals surface area (Å²) in [7, 11) is 0. The Balaban J connectivity index is 1.87. The highest BCUT2D eigenvalue weighted by molar-refractivity contribution is 7.13. The maximum Gasteiger partial charge on any atom is 0.311 e. The molecule has 0 radical (unpaired) electrons. The standard InChI is InChI=1S/C13H16N2O2S2/c1-3-17-12(16)6-10-8-19-13(15-10)14-7-11-9(2)4-5-18-11/h4-5,8H,3,6-7H2,1-2H3,(H,14,15). The molecule has 2 aromatic rings. The second-order valence-electron chi connectivity index (χ2n) is 4.01. The van der Waals surface area contributed by atoms with E-state index >= 15 is 0 Å². The molecule has 4 nitrogen and oxygen atoms in total. The number of ether oxygens (including phenoxy) is 1. The summed E-state index contributed by atoms with van der Waals surface area (Å²) < 4.78 is 4.90. The fourth-order valence-corrected chi connectivity index (χ4v) is 3.13. The van der Waals surface area contributed by atoms with Crippen LogP contribution in [-0.2, 0) is 22.5 Å². The number of anilines is 1. The Hall–Kier alpha value is -1.40. The first-order chi connectivity index (χ1) is 9.19. The van der Waals surface area contributed by atoms with Gasteiger partial charge in [-0.25, -0.2) is 4.98 Å². The van der Waals surface area contributed by atoms with E-state index < -0.39 is 0 Å². The highest BCUT2D eigenvalue weighted by Gasteiger charge is 2.08. The monoisotopic (exact) mass is 296 g/mol. The van der Waals surface area contributed by atoms with Crippen LogP contribution in [0.25, 0.3) is 0 Å². The maximum absolute atomic E-state index is 11.3. The Kier molecular flexibility index (Phi) is 4.93. The van der Waals surface area contributed by atoms with Gasteiger partial charge in [0.1, 0.15) is 0 Å². The summed E-state index contributed by atoms with van der Waals surface area (Å²) in [4.78, 5) is 17.0. The molecule has 0 aliphatic heterocycles. The lowest BCUT2D eigenvalue weighted by molar-refractivity contribution is -0.142. The van der Waals surface area contributed by atoms with Gasteiger partial charge in [-0.15, -0.1) is 22.7 Å². The summed E-state index contributed by atoms with van der Waals surface area (Å²) in [5.74, 6) is -0.228. The molecule has 0 aromatic carbocycles. The van der Waals surface area contributed by atoms with Crippen LogP contribution in [0.2, 0.25) is 0 Å². The quantitative estimate of drug-likeness (QED) is 0.832. The van der Waals surface area contributed by atoms with Gasteiger partial charge in [-0.2, -0.15) is 0 Å². The molecule has 1 N–H and O–H groups in total. The molecule has 0 saturated heterocycles. The molecule has 2 aromatic heterocycles. The SMILES string of the molecule is CCOC(=O)Cc1csc(NCc2sccc2C)n1. The summed E-state index contributed by atoms with van der Waals surface area (Å²) in [5, 5.41) is 8.09. The molecule has 0 aliphatic carbocycles. The van der Waals surface area contributed by atoms with Crippen molar-refractivity contribution < 1.29 is 9.53 Å². The molecule has 102 valence electrons. The summed E-state index contributed by atoms with van der Waals surface area (Å²) in [6.45, 7) is 5.08. The molecule has 2 rings (SSSR count). The zero-order chi connectivity index (χ0) is 13.7. The zero-order valence-corrected chi connectivity index (χ0v) is 12.6. The van der Waals surface area contributed by atoms with Gasteiger partial charge in [-0.1, -0.05) is 0 Å². The lowest BCUT2D eigenvalue weighted by atomic mass is 10.3. The Morgan fingerprint density at radius 3 is 3.00 bits per heavy atom. The molecule has 0 amide bonds. The van der Waals surface area contributed by atoms with Crippen molar-refractivity contribution in [2.45, 2.75) is 26.8 Å². The van der Waals surface area contributed by atoms with Crippen LogP contribution in [0.4, 0.5) is 5.13 Å². The number of aryl methyl sites for hydroxylation is 1. The normalized spacial score (nSPS) is 10.4. The number of hydrogen-bond donors (Lipinski definition) is 1. The van der Waals surface area contributed by atoms with Crippen LogP contribution in [0.15, 0.2) is 16.8 Å². The van der Waals surface area contributed by atoms with Crippen LogP contribution in [0.3, 0.4) is 0 Å². The van der Waals surface area contributed by atoms with Gasteiger partial charge in [-0.05, 0) is 30.9 Å². The van der Waals surface area contributed by atoms with Crippen molar-refractivity contribution in [1.29, 1.82) is 0 Å². The van der Waals surface area contributed by atoms with Crippen LogP contribution in [-0.4, -0.2) is 17.6 Å². The molecule has 0 spiro atoms. The van der Waals surface area contributed by atoms with Gasteiger partial charge in [-0.3, -0.25) is 4.79 Å². The van der Waals surface area contributed by atoms with Gasteiger partial charge in [0.15, 0.2) is 5.13 Å². The Labute approximate surface area is 120 Å². The third-order valence-corrected chi connectivity index (χ3v) is 4.42. The van der Waals surface area contributed by atoms with Gasteiger partial charge in [0, 0.05) is 10.3 Å². The first-order valence-electron chi connectivity index (χ1n) is 6.06. The molecule has 0 fully saturated rings. The zero-order valence-electron chi connectivity index (χ0n) is 10.9. The molecular formula is C13H16N2O2S2. The minimum Gasteiger partial charge on any atom is -0.466 e. The van der Waals surface area contributed by atoms with Gasteiger partial charge >= 0.3 is 5.97 Å². The number of rotatable bonds is 6. The van der Waals surface area contributed by atoms with E-state index in [0.29, 0.717) is 6.61 Å². The van der Waals surface area contributed by atoms with Crippen LogP contribution in [0.1, 0.15) is 23.1 Å². The molecule has 0 bridgehead atoms. The van der Waals surface area contributed by atoms with E-state index in [0.717, 1.165) is 17.4 Å². The third kappa shape index (κ3) is 4.04. The van der Waals surface area contributed by atoms with Crippen molar-refractivity contribution in [3.8, 4) is 0 Å². The number of hydrogen-bond acceptors (Lipinski definition) is 6. The van der Waals surface area contributed by atoms with Crippen molar-refractivity contribution in [1.82, 2.24) is 4.98 Å². The molecule has 6 heteroatoms. The fourth-order valence-electron chi connectivity index (χ4n) is 1.57. The molecule has 2 heterocycles. The van der Waals surface area contributed by atoms with Crippen molar-refractivity contribution in [2.75, 3.05) is 11.9 Å². The van der Waals surface area contributed by atoms with E-state index in [-0.39, 0.29) is 12.4 Å². The van der Waals surface area contributed by atoms with Crippen LogP contribution >= 0.6 is 22.7 Å². The molecule has 0 atom stereocenters. The van der Waals surface area contributed by atoms with E-state index in [2.05, 4.69) is 28.7 Å². The van der Waals surface area contributed by atoms with E-state index in [4.69, 9.17) is 4.74 Å². The second-order valence-corrected chi connectivity index (χ2v) is 5.86. The smallest absolute Gasteiger partial charge is 0.311 e. The Morgan fingerprint density at radius 2 is 2.32 bits per heavy atom. The van der Waals surface area contributed by atoms with Crippen LogP contribution in [0, 0.1) is 6.92 Å². The van der Waals surface area contributed by atoms with Crippen molar-refractivity contribution in [3.63, 3.8) is 0 Å². The minimum absolute atomic E-state index is 0.228. The topological polar surface area (TPSA) is 51.2 Å². The third-order valence-electron chi connectivity index (χ3n) is 2.55. The first kappa shape index (κ1) is 14.0. The number of carbonyl (C=O) groups excluding carboxylic acids is 1. The highest BCUT2D eigenvalue weighted by Crippen LogP contribution is 2.20. The van der Waals surface area contributed by atoms with Gasteiger partial charge in [0.25, 0.3) is 0 Å². The fraction of sp³-hybridized carbons (Fsp3) is 0.385. The Morgan fingerprint density at radius 1 is 1.47 bits per heavy atom. The number of thiazole rings is 1.